The summed E-state index contributed by atoms with van der Waals surface area (Å²) in [7, 11) is 7.89. The highest BCUT2D eigenvalue weighted by molar-refractivity contribution is 7.19. The highest BCUT2D eigenvalue weighted by atomic mass is 31.0. The molecular weight excluding hydrogens is 347 g/mol. The second kappa shape index (κ2) is 7.07. The molecule has 9 heteroatoms. The molecular formula is C14H22N5OP3. The zero-order valence-electron chi connectivity index (χ0n) is 13.1. The van der Waals surface area contributed by atoms with Gasteiger partial charge in [0, 0.05) is 25.2 Å². The van der Waals surface area contributed by atoms with Crippen molar-refractivity contribution in [1.82, 2.24) is 19.0 Å². The lowest BCUT2D eigenvalue weighted by molar-refractivity contribution is -0.122. The third kappa shape index (κ3) is 3.56. The Bertz CT molecular complexity index is 722. The highest BCUT2D eigenvalue weighted by Crippen LogP contribution is 2.30. The predicted molar refractivity (Wildman–Crippen MR) is 103 cm³/mol. The Balaban J connectivity index is 1.72. The van der Waals surface area contributed by atoms with Crippen LogP contribution in [0, 0.1) is 11.8 Å². The van der Waals surface area contributed by atoms with Crippen LogP contribution in [0.25, 0.3) is 11.2 Å². The first-order chi connectivity index (χ1) is 11.0. The van der Waals surface area contributed by atoms with Gasteiger partial charge in [0.25, 0.3) is 0 Å². The number of carbonyl (C=O) groups is 1. The summed E-state index contributed by atoms with van der Waals surface area (Å²) < 4.78 is 5.83. The van der Waals surface area contributed by atoms with E-state index in [9.17, 15) is 4.79 Å². The number of ketones is 1. The van der Waals surface area contributed by atoms with Crippen LogP contribution < -0.4 is 4.67 Å². The minimum atomic E-state index is 0.102. The molecule has 3 heterocycles. The van der Waals surface area contributed by atoms with Gasteiger partial charge in [0.1, 0.15) is 5.52 Å². The first-order valence-electron chi connectivity index (χ1n) is 7.63. The molecule has 1 saturated heterocycles. The molecule has 3 unspecified atom stereocenters. The van der Waals surface area contributed by atoms with Gasteiger partial charge in [0.15, 0.2) is 17.2 Å². The van der Waals surface area contributed by atoms with Crippen LogP contribution in [0.3, 0.4) is 0 Å². The quantitative estimate of drug-likeness (QED) is 0.755. The van der Waals surface area contributed by atoms with Gasteiger partial charge in [-0.1, -0.05) is 22.7 Å². The van der Waals surface area contributed by atoms with Crippen LogP contribution >= 0.6 is 28.2 Å². The van der Waals surface area contributed by atoms with Gasteiger partial charge in [-0.25, -0.2) is 9.97 Å². The summed E-state index contributed by atoms with van der Waals surface area (Å²) in [6.07, 6.45) is 4.64. The molecule has 1 aliphatic rings. The minimum Gasteiger partial charge on any atom is -0.333 e. The van der Waals surface area contributed by atoms with E-state index in [1.54, 1.807) is 6.20 Å². The van der Waals surface area contributed by atoms with Crippen molar-refractivity contribution < 1.29 is 4.79 Å². The molecule has 0 saturated carbocycles. The lowest BCUT2D eigenvalue weighted by Gasteiger charge is -2.21. The third-order valence-corrected chi connectivity index (χ3v) is 5.72. The summed E-state index contributed by atoms with van der Waals surface area (Å²) in [5, 5.41) is 0. The van der Waals surface area contributed by atoms with Gasteiger partial charge in [-0.05, 0) is 30.8 Å². The SMILES string of the molecule is CC[C@@H]1CN(P)C[C@@H]1C(=O)CN(P)c1cnc2c(ccn2P)n1. The maximum Gasteiger partial charge on any atom is 0.161 e. The standard InChI is InChI=1S/C14H22N5OP3/c1-2-9-6-17(21)7-10(9)12(20)8-19(23)13-5-15-14-11(16-13)3-4-18(14)22/h3-5,9-10H,2,6-8,21-23H2,1H3/t9-,10+/m1/s1. The minimum absolute atomic E-state index is 0.102. The van der Waals surface area contributed by atoms with Crippen molar-refractivity contribution in [3.63, 3.8) is 0 Å². The molecule has 0 bridgehead atoms. The Morgan fingerprint density at radius 1 is 1.43 bits per heavy atom. The molecule has 1 aliphatic heterocycles. The first-order valence-corrected chi connectivity index (χ1v) is 9.18. The normalized spacial score (nSPS) is 21.9. The maximum atomic E-state index is 12.7. The van der Waals surface area contributed by atoms with Crippen LogP contribution in [-0.2, 0) is 4.79 Å². The van der Waals surface area contributed by atoms with E-state index in [2.05, 4.69) is 49.7 Å². The third-order valence-electron chi connectivity index (χ3n) is 4.43. The molecule has 0 amide bonds. The van der Waals surface area contributed by atoms with Crippen molar-refractivity contribution in [1.29, 1.82) is 0 Å². The molecule has 124 valence electrons. The fourth-order valence-corrected chi connectivity index (χ4v) is 4.19. The lowest BCUT2D eigenvalue weighted by Crippen LogP contribution is -2.31. The Hall–Kier alpha value is -0.660. The Morgan fingerprint density at radius 2 is 2.22 bits per heavy atom. The van der Waals surface area contributed by atoms with E-state index in [0.29, 0.717) is 18.3 Å². The summed E-state index contributed by atoms with van der Waals surface area (Å²) in [6, 6.07) is 1.91. The van der Waals surface area contributed by atoms with Gasteiger partial charge in [-0.2, -0.15) is 0 Å². The van der Waals surface area contributed by atoms with Crippen molar-refractivity contribution in [2.45, 2.75) is 13.3 Å². The van der Waals surface area contributed by atoms with E-state index >= 15 is 0 Å². The Morgan fingerprint density at radius 3 is 2.96 bits per heavy atom. The van der Waals surface area contributed by atoms with Crippen LogP contribution in [-0.4, -0.2) is 44.4 Å². The molecule has 0 aliphatic carbocycles. The number of rotatable bonds is 5. The largest absolute Gasteiger partial charge is 0.333 e. The molecule has 3 rings (SSSR count). The van der Waals surface area contributed by atoms with E-state index in [4.69, 9.17) is 0 Å². The van der Waals surface area contributed by atoms with Crippen molar-refractivity contribution in [2.75, 3.05) is 24.3 Å². The molecule has 2 aromatic rings. The number of anilines is 1. The number of Topliss-reactive ketones (excluding diaryl/α,β-unsaturated/α-hetero) is 1. The summed E-state index contributed by atoms with van der Waals surface area (Å²) in [4.78, 5) is 21.6. The Labute approximate surface area is 143 Å². The van der Waals surface area contributed by atoms with E-state index < -0.39 is 0 Å². The van der Waals surface area contributed by atoms with Crippen molar-refractivity contribution in [2.24, 2.45) is 11.8 Å². The van der Waals surface area contributed by atoms with Gasteiger partial charge in [0.2, 0.25) is 0 Å². The van der Waals surface area contributed by atoms with Crippen molar-refractivity contribution >= 4 is 50.9 Å². The second-order valence-electron chi connectivity index (χ2n) is 5.98. The molecule has 5 atom stereocenters. The fraction of sp³-hybridized carbons (Fsp3) is 0.500. The molecule has 0 aromatic carbocycles. The summed E-state index contributed by atoms with van der Waals surface area (Å²) in [6.45, 7) is 4.29. The van der Waals surface area contributed by atoms with E-state index in [-0.39, 0.29) is 11.7 Å². The molecule has 2 aromatic heterocycles. The number of fused-ring (bicyclic) bond motifs is 1. The number of aromatic nitrogens is 3. The zero-order chi connectivity index (χ0) is 16.6. The van der Waals surface area contributed by atoms with Gasteiger partial charge >= 0.3 is 0 Å². The van der Waals surface area contributed by atoms with Crippen molar-refractivity contribution in [3.05, 3.63) is 18.5 Å². The van der Waals surface area contributed by atoms with Gasteiger partial charge in [-0.15, -0.1) is 0 Å². The molecule has 23 heavy (non-hydrogen) atoms. The Kier molecular flexibility index (Phi) is 5.28. The van der Waals surface area contributed by atoms with E-state index in [1.807, 2.05) is 21.3 Å². The number of carbonyl (C=O) groups excluding carboxylic acids is 1. The highest BCUT2D eigenvalue weighted by Gasteiger charge is 2.35. The molecule has 0 radical (unpaired) electrons. The molecule has 1 fully saturated rings. The van der Waals surface area contributed by atoms with Crippen LogP contribution in [0.2, 0.25) is 0 Å². The smallest absolute Gasteiger partial charge is 0.161 e. The molecule has 0 spiro atoms. The van der Waals surface area contributed by atoms with Crippen molar-refractivity contribution in [3.8, 4) is 0 Å². The van der Waals surface area contributed by atoms with Gasteiger partial charge in [0.05, 0.1) is 12.7 Å². The average Bonchev–Trinajstić information content (AvgIpc) is 3.10. The molecule has 6 nitrogen and oxygen atoms in total. The average molecular weight is 369 g/mol. The summed E-state index contributed by atoms with van der Waals surface area (Å²) in [5.74, 6) is 1.51. The summed E-state index contributed by atoms with van der Waals surface area (Å²) in [5.41, 5.74) is 1.63. The maximum absolute atomic E-state index is 12.7. The molecule has 0 N–H and O–H groups in total. The van der Waals surface area contributed by atoms with Crippen LogP contribution in [0.4, 0.5) is 5.82 Å². The number of nitrogens with zero attached hydrogens (tertiary/aromatic N) is 5. The second-order valence-corrected chi connectivity index (χ2v) is 7.89. The van der Waals surface area contributed by atoms with E-state index in [0.717, 1.165) is 30.7 Å². The fourth-order valence-electron chi connectivity index (χ4n) is 3.11. The van der Waals surface area contributed by atoms with Crippen LogP contribution in [0.15, 0.2) is 18.5 Å². The number of hydrogen-bond donors (Lipinski definition) is 0. The van der Waals surface area contributed by atoms with E-state index in [1.165, 1.54) is 0 Å². The van der Waals surface area contributed by atoms with Crippen LogP contribution in [0.5, 0.6) is 0 Å². The summed E-state index contributed by atoms with van der Waals surface area (Å²) >= 11 is 0. The van der Waals surface area contributed by atoms with Crippen LogP contribution in [0.1, 0.15) is 13.3 Å². The first kappa shape index (κ1) is 17.2. The van der Waals surface area contributed by atoms with Gasteiger partial charge in [-0.3, -0.25) is 9.46 Å². The zero-order valence-corrected chi connectivity index (χ0v) is 16.6. The predicted octanol–water partition coefficient (Wildman–Crippen LogP) is 1.98. The van der Waals surface area contributed by atoms with Gasteiger partial charge < -0.3 is 9.01 Å². The lowest BCUT2D eigenvalue weighted by atomic mass is 9.90. The number of hydrogen-bond acceptors (Lipinski definition) is 5. The topological polar surface area (TPSA) is 54.3 Å². The monoisotopic (exact) mass is 369 g/mol.